The monoisotopic (exact) mass is 435 g/mol. The van der Waals surface area contributed by atoms with Gasteiger partial charge in [0.15, 0.2) is 5.96 Å². The van der Waals surface area contributed by atoms with Crippen LogP contribution in [0.25, 0.3) is 0 Å². The fourth-order valence-electron chi connectivity index (χ4n) is 2.05. The summed E-state index contributed by atoms with van der Waals surface area (Å²) in [6.45, 7) is 9.51. The van der Waals surface area contributed by atoms with Crippen LogP contribution in [0.5, 0.6) is 0 Å². The van der Waals surface area contributed by atoms with Gasteiger partial charge in [0.1, 0.15) is 6.54 Å². The van der Waals surface area contributed by atoms with Crippen LogP contribution in [-0.2, 0) is 18.4 Å². The van der Waals surface area contributed by atoms with Gasteiger partial charge in [0.2, 0.25) is 5.91 Å². The summed E-state index contributed by atoms with van der Waals surface area (Å²) in [5, 5.41) is 6.13. The third-order valence-electron chi connectivity index (χ3n) is 3.03. The van der Waals surface area contributed by atoms with Crippen LogP contribution in [0.2, 0.25) is 0 Å². The van der Waals surface area contributed by atoms with E-state index in [1.165, 1.54) is 5.69 Å². The maximum atomic E-state index is 11.9. The lowest BCUT2D eigenvalue weighted by atomic mass is 10.1. The lowest BCUT2D eigenvalue weighted by Crippen LogP contribution is -2.43. The van der Waals surface area contributed by atoms with Crippen LogP contribution in [0.1, 0.15) is 33.4 Å². The summed E-state index contributed by atoms with van der Waals surface area (Å²) in [4.78, 5) is 18.3. The number of aromatic nitrogens is 1. The largest absolute Gasteiger partial charge is 0.357 e. The van der Waals surface area contributed by atoms with Crippen molar-refractivity contribution in [3.05, 3.63) is 24.0 Å². The molecule has 0 aliphatic heterocycles. The first kappa shape index (κ1) is 21.8. The van der Waals surface area contributed by atoms with Gasteiger partial charge >= 0.3 is 0 Å². The van der Waals surface area contributed by atoms with Gasteiger partial charge in [-0.1, -0.05) is 0 Å². The fraction of sp³-hybridized carbons (Fsp3) is 0.625. The zero-order chi connectivity index (χ0) is 16.8. The predicted molar refractivity (Wildman–Crippen MR) is 106 cm³/mol. The van der Waals surface area contributed by atoms with Crippen LogP contribution in [0, 0.1) is 0 Å². The molecule has 7 heteroatoms. The molecule has 0 radical (unpaired) electrons. The molecule has 23 heavy (non-hydrogen) atoms. The van der Waals surface area contributed by atoms with Crippen molar-refractivity contribution < 1.29 is 4.79 Å². The molecule has 0 saturated carbocycles. The lowest BCUT2D eigenvalue weighted by molar-refractivity contribution is -0.121. The number of hydrogen-bond donors (Lipinski definition) is 2. The van der Waals surface area contributed by atoms with Crippen molar-refractivity contribution in [1.82, 2.24) is 20.1 Å². The Balaban J connectivity index is 0.00000484. The SMILES string of the molecule is CCNC(=NCC(=O)NC(C)(C)C)N(C)Cc1cccn1C.I. The molecular weight excluding hydrogens is 405 g/mol. The maximum Gasteiger partial charge on any atom is 0.242 e. The Morgan fingerprint density at radius 2 is 2.04 bits per heavy atom. The summed E-state index contributed by atoms with van der Waals surface area (Å²) >= 11 is 0. The van der Waals surface area contributed by atoms with Gasteiger partial charge in [0.05, 0.1) is 6.54 Å². The Morgan fingerprint density at radius 1 is 1.39 bits per heavy atom. The molecule has 0 unspecified atom stereocenters. The number of amides is 1. The van der Waals surface area contributed by atoms with Crippen LogP contribution < -0.4 is 10.6 Å². The molecule has 1 aromatic rings. The number of carbonyl (C=O) groups excluding carboxylic acids is 1. The van der Waals surface area contributed by atoms with Crippen molar-refractivity contribution >= 4 is 35.8 Å². The number of nitrogens with one attached hydrogen (secondary N) is 2. The van der Waals surface area contributed by atoms with Gasteiger partial charge in [-0.25, -0.2) is 4.99 Å². The Labute approximate surface area is 156 Å². The van der Waals surface area contributed by atoms with E-state index in [2.05, 4.69) is 26.3 Å². The number of aryl methyl sites for hydroxylation is 1. The highest BCUT2D eigenvalue weighted by atomic mass is 127. The molecule has 0 aromatic carbocycles. The Bertz CT molecular complexity index is 519. The van der Waals surface area contributed by atoms with Crippen LogP contribution in [0.3, 0.4) is 0 Å². The third kappa shape index (κ3) is 8.24. The molecule has 132 valence electrons. The molecule has 2 N–H and O–H groups in total. The number of aliphatic imine (C=N–C) groups is 1. The van der Waals surface area contributed by atoms with Crippen molar-refractivity contribution in [3.8, 4) is 0 Å². The van der Waals surface area contributed by atoms with E-state index in [0.717, 1.165) is 19.0 Å². The van der Waals surface area contributed by atoms with Crippen molar-refractivity contribution in [2.75, 3.05) is 20.1 Å². The fourth-order valence-corrected chi connectivity index (χ4v) is 2.05. The second-order valence-corrected chi connectivity index (χ2v) is 6.43. The van der Waals surface area contributed by atoms with Crippen LogP contribution >= 0.6 is 24.0 Å². The zero-order valence-corrected chi connectivity index (χ0v) is 17.3. The van der Waals surface area contributed by atoms with Crippen molar-refractivity contribution in [2.24, 2.45) is 12.0 Å². The Kier molecular flexibility index (Phi) is 9.26. The molecule has 1 rings (SSSR count). The van der Waals surface area contributed by atoms with Crippen molar-refractivity contribution in [2.45, 2.75) is 39.8 Å². The van der Waals surface area contributed by atoms with E-state index in [0.29, 0.717) is 0 Å². The Hall–Kier alpha value is -1.25. The second kappa shape index (κ2) is 9.79. The maximum absolute atomic E-state index is 11.9. The molecule has 0 spiro atoms. The molecule has 1 amide bonds. The third-order valence-corrected chi connectivity index (χ3v) is 3.03. The standard InChI is InChI=1S/C16H29N5O.HI/c1-7-17-15(18-11-14(22)19-16(2,3)4)21(6)12-13-9-8-10-20(13)5;/h8-10H,7,11-12H2,1-6H3,(H,17,18)(H,19,22);1H. The molecule has 1 aromatic heterocycles. The second-order valence-electron chi connectivity index (χ2n) is 6.43. The highest BCUT2D eigenvalue weighted by Gasteiger charge is 2.14. The van der Waals surface area contributed by atoms with E-state index in [9.17, 15) is 4.79 Å². The van der Waals surface area contributed by atoms with Gasteiger partial charge in [-0.05, 0) is 39.8 Å². The smallest absolute Gasteiger partial charge is 0.242 e. The molecule has 0 bridgehead atoms. The average molecular weight is 435 g/mol. The molecule has 0 aliphatic carbocycles. The number of halogens is 1. The summed E-state index contributed by atoms with van der Waals surface area (Å²) in [5.41, 5.74) is 0.951. The first-order valence-corrected chi connectivity index (χ1v) is 7.63. The Morgan fingerprint density at radius 3 is 2.52 bits per heavy atom. The van der Waals surface area contributed by atoms with E-state index < -0.39 is 0 Å². The van der Waals surface area contributed by atoms with Gasteiger partial charge in [-0.2, -0.15) is 0 Å². The van der Waals surface area contributed by atoms with E-state index in [4.69, 9.17) is 0 Å². The van der Waals surface area contributed by atoms with Gasteiger partial charge in [-0.15, -0.1) is 24.0 Å². The molecular formula is C16H30IN5O. The minimum Gasteiger partial charge on any atom is -0.357 e. The van der Waals surface area contributed by atoms with E-state index in [1.54, 1.807) is 0 Å². The molecule has 1 heterocycles. The number of nitrogens with zero attached hydrogens (tertiary/aromatic N) is 3. The number of hydrogen-bond acceptors (Lipinski definition) is 2. The van der Waals surface area contributed by atoms with E-state index >= 15 is 0 Å². The number of rotatable bonds is 5. The normalized spacial score (nSPS) is 11.7. The van der Waals surface area contributed by atoms with Gasteiger partial charge < -0.3 is 20.1 Å². The quantitative estimate of drug-likeness (QED) is 0.422. The molecule has 0 saturated heterocycles. The van der Waals surface area contributed by atoms with Gasteiger partial charge in [0.25, 0.3) is 0 Å². The first-order chi connectivity index (χ1) is 10.2. The van der Waals surface area contributed by atoms with Crippen LogP contribution in [0.4, 0.5) is 0 Å². The average Bonchev–Trinajstić information content (AvgIpc) is 2.78. The highest BCUT2D eigenvalue weighted by Crippen LogP contribution is 2.04. The molecule has 6 nitrogen and oxygen atoms in total. The number of carbonyl (C=O) groups is 1. The van der Waals surface area contributed by atoms with Crippen molar-refractivity contribution in [3.63, 3.8) is 0 Å². The van der Waals surface area contributed by atoms with Crippen LogP contribution in [-0.4, -0.2) is 47.0 Å². The van der Waals surface area contributed by atoms with Crippen LogP contribution in [0.15, 0.2) is 23.3 Å². The molecule has 0 fully saturated rings. The zero-order valence-electron chi connectivity index (χ0n) is 15.0. The topological polar surface area (TPSA) is 61.7 Å². The first-order valence-electron chi connectivity index (χ1n) is 7.63. The minimum absolute atomic E-state index is 0. The predicted octanol–water partition coefficient (Wildman–Crippen LogP) is 1.96. The summed E-state index contributed by atoms with van der Waals surface area (Å²) < 4.78 is 2.08. The lowest BCUT2D eigenvalue weighted by Gasteiger charge is -2.23. The van der Waals surface area contributed by atoms with Gasteiger partial charge in [0, 0.05) is 38.1 Å². The molecule has 0 atom stereocenters. The summed E-state index contributed by atoms with van der Waals surface area (Å²) in [6, 6.07) is 4.09. The molecule has 0 aliphatic rings. The summed E-state index contributed by atoms with van der Waals surface area (Å²) in [6.07, 6.45) is 2.02. The number of guanidine groups is 1. The van der Waals surface area contributed by atoms with E-state index in [-0.39, 0.29) is 42.0 Å². The highest BCUT2D eigenvalue weighted by molar-refractivity contribution is 14.0. The minimum atomic E-state index is -0.236. The van der Waals surface area contributed by atoms with Gasteiger partial charge in [-0.3, -0.25) is 4.79 Å². The summed E-state index contributed by atoms with van der Waals surface area (Å²) in [5.74, 6) is 0.655. The van der Waals surface area contributed by atoms with E-state index in [1.807, 2.05) is 59.0 Å². The summed E-state index contributed by atoms with van der Waals surface area (Å²) in [7, 11) is 3.99. The van der Waals surface area contributed by atoms with Crippen molar-refractivity contribution in [1.29, 1.82) is 0 Å².